The van der Waals surface area contributed by atoms with Crippen LogP contribution in [0.4, 0.5) is 5.69 Å². The van der Waals surface area contributed by atoms with Crippen molar-refractivity contribution >= 4 is 34.9 Å². The molecule has 0 aliphatic carbocycles. The van der Waals surface area contributed by atoms with Gasteiger partial charge in [-0.25, -0.2) is 0 Å². The molecule has 33 heavy (non-hydrogen) atoms. The predicted molar refractivity (Wildman–Crippen MR) is 132 cm³/mol. The van der Waals surface area contributed by atoms with Gasteiger partial charge in [0.05, 0.1) is 23.5 Å². The third-order valence-corrected chi connectivity index (χ3v) is 6.31. The summed E-state index contributed by atoms with van der Waals surface area (Å²) >= 11 is 6.18. The van der Waals surface area contributed by atoms with Gasteiger partial charge in [-0.3, -0.25) is 14.2 Å². The van der Waals surface area contributed by atoms with E-state index < -0.39 is 0 Å². The zero-order valence-corrected chi connectivity index (χ0v) is 20.0. The summed E-state index contributed by atoms with van der Waals surface area (Å²) < 4.78 is 1.97. The number of carbonyl (C=O) groups is 1. The number of carbonyl (C=O) groups excluding carboxylic acids is 1. The lowest BCUT2D eigenvalue weighted by molar-refractivity contribution is -0.105. The van der Waals surface area contributed by atoms with Crippen LogP contribution >= 0.6 is 11.6 Å². The van der Waals surface area contributed by atoms with E-state index in [1.54, 1.807) is 0 Å². The average molecular weight is 466 g/mol. The van der Waals surface area contributed by atoms with Gasteiger partial charge in [-0.1, -0.05) is 23.7 Å². The molecule has 3 N–H and O–H groups in total. The van der Waals surface area contributed by atoms with Crippen molar-refractivity contribution < 1.29 is 4.79 Å². The Morgan fingerprint density at radius 2 is 2.00 bits per heavy atom. The Balaban J connectivity index is 1.89. The lowest BCUT2D eigenvalue weighted by atomic mass is 9.92. The molecule has 1 aromatic carbocycles. The Morgan fingerprint density at radius 1 is 1.30 bits per heavy atom. The number of hydrogen-bond donors (Lipinski definition) is 2. The number of aliphatic imine (C=N–C) groups is 1. The summed E-state index contributed by atoms with van der Waals surface area (Å²) in [6, 6.07) is 9.46. The van der Waals surface area contributed by atoms with Crippen LogP contribution in [0.15, 0.2) is 52.8 Å². The van der Waals surface area contributed by atoms with Gasteiger partial charge in [0.25, 0.3) is 0 Å². The summed E-state index contributed by atoms with van der Waals surface area (Å²) in [5.41, 5.74) is 11.6. The standard InChI is InChI=1S/C24H28ClN7O/c1-14-9-20(12-32-16(3)29-30-24(14)32)31(4)23(17-5-7-18(25)8-6-17)22(21(26)13-33)15(2)28-19-10-27-11-19/h5-9,12-13,19,23,27H,10-11,26H2,1-4H3. The summed E-state index contributed by atoms with van der Waals surface area (Å²) in [4.78, 5) is 18.8. The molecule has 2 aromatic heterocycles. The van der Waals surface area contributed by atoms with Crippen LogP contribution in [-0.2, 0) is 4.79 Å². The molecule has 1 fully saturated rings. The number of hydrogen-bond acceptors (Lipinski definition) is 7. The van der Waals surface area contributed by atoms with Crippen molar-refractivity contribution in [3.63, 3.8) is 0 Å². The summed E-state index contributed by atoms with van der Waals surface area (Å²) in [5.74, 6) is 0.796. The number of halogens is 1. The molecule has 0 saturated carbocycles. The first-order valence-corrected chi connectivity index (χ1v) is 11.2. The maximum absolute atomic E-state index is 11.9. The largest absolute Gasteiger partial charge is 0.396 e. The molecule has 1 saturated heterocycles. The van der Waals surface area contributed by atoms with E-state index in [1.807, 2.05) is 62.7 Å². The highest BCUT2D eigenvalue weighted by Gasteiger charge is 2.28. The Labute approximate surface area is 198 Å². The Hall–Kier alpha value is -3.23. The number of anilines is 1. The Kier molecular flexibility index (Phi) is 6.49. The summed E-state index contributed by atoms with van der Waals surface area (Å²) in [7, 11) is 1.98. The first-order chi connectivity index (χ1) is 15.8. The Morgan fingerprint density at radius 3 is 2.61 bits per heavy atom. The number of nitrogens with two attached hydrogens (primary N) is 1. The predicted octanol–water partition coefficient (Wildman–Crippen LogP) is 3.02. The third kappa shape index (κ3) is 4.49. The maximum atomic E-state index is 11.9. The summed E-state index contributed by atoms with van der Waals surface area (Å²) in [5, 5.41) is 12.3. The number of aldehydes is 1. The minimum atomic E-state index is -0.363. The monoisotopic (exact) mass is 465 g/mol. The molecule has 8 nitrogen and oxygen atoms in total. The number of benzene rings is 1. The molecule has 1 aliphatic rings. The first-order valence-electron chi connectivity index (χ1n) is 10.8. The first kappa shape index (κ1) is 22.9. The molecule has 1 atom stereocenters. The van der Waals surface area contributed by atoms with Crippen molar-refractivity contribution in [3.05, 3.63) is 69.8 Å². The summed E-state index contributed by atoms with van der Waals surface area (Å²) in [6.45, 7) is 7.47. The van der Waals surface area contributed by atoms with E-state index in [0.29, 0.717) is 16.9 Å². The zero-order chi connectivity index (χ0) is 23.7. The van der Waals surface area contributed by atoms with Crippen LogP contribution < -0.4 is 16.0 Å². The number of nitrogens with one attached hydrogen (secondary N) is 1. The quantitative estimate of drug-likeness (QED) is 0.316. The van der Waals surface area contributed by atoms with Crippen LogP contribution in [0.1, 0.15) is 29.9 Å². The van der Waals surface area contributed by atoms with Gasteiger partial charge in [0.15, 0.2) is 11.9 Å². The SMILES string of the molecule is CC(=NC1CNC1)C(=C(N)C=O)C(c1ccc(Cl)cc1)N(C)c1cc(C)c2nnc(C)n2c1. The van der Waals surface area contributed by atoms with Gasteiger partial charge in [0, 0.05) is 42.6 Å². The molecule has 0 amide bonds. The molecule has 1 unspecified atom stereocenters. The van der Waals surface area contributed by atoms with E-state index >= 15 is 0 Å². The van der Waals surface area contributed by atoms with Crippen LogP contribution in [-0.4, -0.2) is 52.8 Å². The highest BCUT2D eigenvalue weighted by molar-refractivity contribution is 6.30. The highest BCUT2D eigenvalue weighted by Crippen LogP contribution is 2.35. The van der Waals surface area contributed by atoms with Gasteiger partial charge in [0.1, 0.15) is 5.82 Å². The smallest absolute Gasteiger partial charge is 0.166 e. The van der Waals surface area contributed by atoms with Crippen molar-refractivity contribution in [1.82, 2.24) is 19.9 Å². The number of rotatable bonds is 7. The third-order valence-electron chi connectivity index (χ3n) is 6.06. The number of aryl methyl sites for hydroxylation is 2. The minimum absolute atomic E-state index is 0.161. The number of nitrogens with zero attached hydrogens (tertiary/aromatic N) is 5. The van der Waals surface area contributed by atoms with Crippen molar-refractivity contribution in [1.29, 1.82) is 0 Å². The normalized spacial score (nSPS) is 16.3. The molecule has 0 bridgehead atoms. The van der Waals surface area contributed by atoms with Crippen LogP contribution in [0.25, 0.3) is 5.65 Å². The fourth-order valence-corrected chi connectivity index (χ4v) is 4.28. The van der Waals surface area contributed by atoms with E-state index in [1.165, 1.54) is 0 Å². The van der Waals surface area contributed by atoms with Gasteiger partial charge in [-0.15, -0.1) is 10.2 Å². The molecular weight excluding hydrogens is 438 g/mol. The average Bonchev–Trinajstić information content (AvgIpc) is 3.15. The number of fused-ring (bicyclic) bond motifs is 1. The van der Waals surface area contributed by atoms with Crippen LogP contribution in [0.5, 0.6) is 0 Å². The van der Waals surface area contributed by atoms with Crippen molar-refractivity contribution in [3.8, 4) is 0 Å². The lowest BCUT2D eigenvalue weighted by Gasteiger charge is -2.34. The van der Waals surface area contributed by atoms with Crippen LogP contribution in [0.2, 0.25) is 5.02 Å². The van der Waals surface area contributed by atoms with E-state index in [9.17, 15) is 4.79 Å². The number of aromatic nitrogens is 3. The molecule has 1 aliphatic heterocycles. The zero-order valence-electron chi connectivity index (χ0n) is 19.2. The molecular formula is C24H28ClN7O. The Bertz CT molecular complexity index is 1240. The van der Waals surface area contributed by atoms with E-state index in [4.69, 9.17) is 22.3 Å². The maximum Gasteiger partial charge on any atom is 0.166 e. The molecule has 0 spiro atoms. The number of allylic oxidation sites excluding steroid dienone is 1. The van der Waals surface area contributed by atoms with Gasteiger partial charge >= 0.3 is 0 Å². The van der Waals surface area contributed by atoms with Crippen LogP contribution in [0, 0.1) is 13.8 Å². The van der Waals surface area contributed by atoms with Crippen LogP contribution in [0.3, 0.4) is 0 Å². The van der Waals surface area contributed by atoms with E-state index in [2.05, 4.69) is 26.5 Å². The van der Waals surface area contributed by atoms with E-state index in [-0.39, 0.29) is 17.8 Å². The number of pyridine rings is 1. The fourth-order valence-electron chi connectivity index (χ4n) is 4.16. The molecule has 172 valence electrons. The molecule has 3 heterocycles. The van der Waals surface area contributed by atoms with Gasteiger partial charge < -0.3 is 16.0 Å². The van der Waals surface area contributed by atoms with Gasteiger partial charge in [-0.2, -0.15) is 0 Å². The highest BCUT2D eigenvalue weighted by atomic mass is 35.5. The fraction of sp³-hybridized carbons (Fsp3) is 0.333. The molecule has 9 heteroatoms. The molecule has 4 rings (SSSR count). The van der Waals surface area contributed by atoms with Crippen molar-refractivity contribution in [2.75, 3.05) is 25.0 Å². The molecule has 3 aromatic rings. The van der Waals surface area contributed by atoms with Crippen molar-refractivity contribution in [2.24, 2.45) is 10.7 Å². The lowest BCUT2D eigenvalue weighted by Crippen LogP contribution is -2.46. The van der Waals surface area contributed by atoms with Gasteiger partial charge in [0.2, 0.25) is 0 Å². The second kappa shape index (κ2) is 9.33. The minimum Gasteiger partial charge on any atom is -0.396 e. The molecule has 0 radical (unpaired) electrons. The second-order valence-electron chi connectivity index (χ2n) is 8.40. The summed E-state index contributed by atoms with van der Waals surface area (Å²) in [6.07, 6.45) is 2.69. The number of likely N-dealkylation sites (N-methyl/N-ethyl adjacent to an activating group) is 1. The van der Waals surface area contributed by atoms with Gasteiger partial charge in [-0.05, 0) is 50.1 Å². The van der Waals surface area contributed by atoms with E-state index in [0.717, 1.165) is 47.1 Å². The van der Waals surface area contributed by atoms with Crippen molar-refractivity contribution in [2.45, 2.75) is 32.9 Å². The topological polar surface area (TPSA) is 101 Å². The second-order valence-corrected chi connectivity index (χ2v) is 8.84.